The fourth-order valence-electron chi connectivity index (χ4n) is 3.81. The maximum atomic E-state index is 12.6. The highest BCUT2D eigenvalue weighted by atomic mass is 31.2. The summed E-state index contributed by atoms with van der Waals surface area (Å²) in [5.74, 6) is 1.41. The van der Waals surface area contributed by atoms with Crippen LogP contribution in [-0.2, 0) is 32.1 Å². The first-order valence-corrected chi connectivity index (χ1v) is 13.3. The lowest BCUT2D eigenvalue weighted by Crippen LogP contribution is -2.64. The highest BCUT2D eigenvalue weighted by molar-refractivity contribution is 7.57. The van der Waals surface area contributed by atoms with Gasteiger partial charge in [0.1, 0.15) is 11.7 Å². The predicted molar refractivity (Wildman–Crippen MR) is 118 cm³/mol. The van der Waals surface area contributed by atoms with Gasteiger partial charge in [0.05, 0.1) is 37.9 Å². The summed E-state index contributed by atoms with van der Waals surface area (Å²) in [6.07, 6.45) is 1.97. The molecule has 9 nitrogen and oxygen atoms in total. The van der Waals surface area contributed by atoms with E-state index in [0.717, 1.165) is 0 Å². The molecule has 3 fully saturated rings. The second kappa shape index (κ2) is 11.7. The first kappa shape index (κ1) is 26.9. The predicted octanol–water partition coefficient (Wildman–Crippen LogP) is 4.59. The van der Waals surface area contributed by atoms with Crippen molar-refractivity contribution in [3.8, 4) is 6.07 Å². The van der Waals surface area contributed by atoms with E-state index in [1.807, 2.05) is 6.92 Å². The number of nitrogens with zero attached hydrogens (tertiary/aromatic N) is 2. The summed E-state index contributed by atoms with van der Waals surface area (Å²) in [4.78, 5) is 0. The quantitative estimate of drug-likeness (QED) is 0.294. The number of ether oxygens (including phenoxy) is 2. The largest absolute Gasteiger partial charge is 0.372 e. The Morgan fingerprint density at radius 3 is 2.45 bits per heavy atom. The summed E-state index contributed by atoms with van der Waals surface area (Å²) in [5, 5.41) is 8.93. The third kappa shape index (κ3) is 6.57. The maximum absolute atomic E-state index is 12.6. The van der Waals surface area contributed by atoms with Crippen LogP contribution in [0.15, 0.2) is 11.9 Å². The van der Waals surface area contributed by atoms with E-state index < -0.39 is 21.7 Å². The highest BCUT2D eigenvalue weighted by Gasteiger charge is 2.54. The zero-order valence-electron chi connectivity index (χ0n) is 19.5. The van der Waals surface area contributed by atoms with Crippen LogP contribution in [0.4, 0.5) is 0 Å². The second-order valence-corrected chi connectivity index (χ2v) is 11.7. The Morgan fingerprint density at radius 2 is 1.94 bits per heavy atom. The molecular formula is C20H36N2O7P2. The summed E-state index contributed by atoms with van der Waals surface area (Å²) in [7, 11) is -2.17. The van der Waals surface area contributed by atoms with Crippen molar-refractivity contribution >= 4 is 16.1 Å². The molecule has 11 heteroatoms. The summed E-state index contributed by atoms with van der Waals surface area (Å²) >= 11 is 0. The monoisotopic (exact) mass is 478 g/mol. The van der Waals surface area contributed by atoms with E-state index in [4.69, 9.17) is 32.8 Å². The number of fused-ring (bicyclic) bond motifs is 3. The smallest absolute Gasteiger partial charge is 0.353 e. The standard InChI is InChI=1S/C20H36N2O7P2/c1-15(2)22(16(3)4)30(27-11-8-10-21)29-19-13-18-17(5)28-20(19,14-26-18)9-12-31(23,24-6)25-7/h9,12,15-19H,8,11,13-14H2,1-7H3/b12-9+/t17?,18-,19+,20+,30?/m1/s1. The Hall–Kier alpha value is -0.390. The molecular weight excluding hydrogens is 442 g/mol. The molecule has 0 aromatic rings. The molecule has 2 bridgehead atoms. The van der Waals surface area contributed by atoms with Crippen LogP contribution in [0.1, 0.15) is 47.5 Å². The Balaban J connectivity index is 2.33. The van der Waals surface area contributed by atoms with Crippen LogP contribution < -0.4 is 0 Å². The van der Waals surface area contributed by atoms with E-state index in [9.17, 15) is 4.57 Å². The van der Waals surface area contributed by atoms with Crippen molar-refractivity contribution in [1.29, 1.82) is 5.26 Å². The fourth-order valence-corrected chi connectivity index (χ4v) is 6.43. The molecule has 3 saturated heterocycles. The van der Waals surface area contributed by atoms with E-state index in [-0.39, 0.29) is 50.0 Å². The van der Waals surface area contributed by atoms with Crippen molar-refractivity contribution in [3.05, 3.63) is 11.9 Å². The zero-order valence-corrected chi connectivity index (χ0v) is 21.3. The first-order valence-electron chi connectivity index (χ1n) is 10.6. The molecule has 3 aliphatic heterocycles. The number of hydrogen-bond acceptors (Lipinski definition) is 9. The lowest BCUT2D eigenvalue weighted by molar-refractivity contribution is -0.279. The lowest BCUT2D eigenvalue weighted by atomic mass is 9.85. The third-order valence-corrected chi connectivity index (χ3v) is 9.04. The highest BCUT2D eigenvalue weighted by Crippen LogP contribution is 2.54. The Bertz CT molecular complexity index is 684. The Labute approximate surface area is 187 Å². The first-order chi connectivity index (χ1) is 14.6. The van der Waals surface area contributed by atoms with Gasteiger partial charge in [0.15, 0.2) is 0 Å². The number of hydrogen-bond donors (Lipinski definition) is 0. The van der Waals surface area contributed by atoms with E-state index in [1.54, 1.807) is 6.08 Å². The Kier molecular flexibility index (Phi) is 10.1. The number of rotatable bonds is 12. The minimum atomic E-state index is -3.38. The van der Waals surface area contributed by atoms with Crippen LogP contribution in [0.25, 0.3) is 0 Å². The normalized spacial score (nSPS) is 29.9. The molecule has 0 aliphatic carbocycles. The fraction of sp³-hybridized carbons (Fsp3) is 0.850. The molecule has 31 heavy (non-hydrogen) atoms. The molecule has 3 heterocycles. The van der Waals surface area contributed by atoms with Gasteiger partial charge in [0.2, 0.25) is 0 Å². The van der Waals surface area contributed by atoms with Gasteiger partial charge in [-0.15, -0.1) is 0 Å². The SMILES string of the molecule is COP(=O)(/C=C/[C@]12CO[C@H](C[C@@H]1OP(OCCC#N)N(C(C)C)C(C)C)C(C)O2)OC. The molecule has 0 saturated carbocycles. The van der Waals surface area contributed by atoms with Gasteiger partial charge in [0.25, 0.3) is 8.53 Å². The van der Waals surface area contributed by atoms with Crippen molar-refractivity contribution in [3.63, 3.8) is 0 Å². The van der Waals surface area contributed by atoms with E-state index in [1.165, 1.54) is 20.0 Å². The molecule has 0 radical (unpaired) electrons. The van der Waals surface area contributed by atoms with Crippen LogP contribution in [0.2, 0.25) is 0 Å². The van der Waals surface area contributed by atoms with Gasteiger partial charge in [-0.05, 0) is 40.7 Å². The molecule has 3 aliphatic rings. The molecule has 3 rings (SSSR count). The van der Waals surface area contributed by atoms with Gasteiger partial charge < -0.3 is 27.6 Å². The summed E-state index contributed by atoms with van der Waals surface area (Å²) in [6, 6.07) is 2.47. The van der Waals surface area contributed by atoms with Gasteiger partial charge in [-0.1, -0.05) is 0 Å². The van der Waals surface area contributed by atoms with Crippen LogP contribution in [0, 0.1) is 11.3 Å². The third-order valence-electron chi connectivity index (χ3n) is 5.37. The van der Waals surface area contributed by atoms with Crippen LogP contribution in [0.5, 0.6) is 0 Å². The van der Waals surface area contributed by atoms with Crippen LogP contribution >= 0.6 is 16.1 Å². The minimum absolute atomic E-state index is 0.0977. The lowest BCUT2D eigenvalue weighted by Gasteiger charge is -2.53. The summed E-state index contributed by atoms with van der Waals surface area (Å²) in [6.45, 7) is 10.9. The minimum Gasteiger partial charge on any atom is -0.372 e. The van der Waals surface area contributed by atoms with Crippen molar-refractivity contribution in [2.75, 3.05) is 27.4 Å². The average molecular weight is 478 g/mol. The topological polar surface area (TPSA) is 99.5 Å². The number of nitriles is 1. The van der Waals surface area contributed by atoms with Crippen molar-refractivity contribution < 1.29 is 32.1 Å². The van der Waals surface area contributed by atoms with Crippen molar-refractivity contribution in [2.45, 2.75) is 83.5 Å². The molecule has 2 unspecified atom stereocenters. The van der Waals surface area contributed by atoms with Gasteiger partial charge in [-0.25, -0.2) is 4.67 Å². The van der Waals surface area contributed by atoms with Crippen LogP contribution in [0.3, 0.4) is 0 Å². The van der Waals surface area contributed by atoms with Gasteiger partial charge in [-0.3, -0.25) is 4.57 Å². The molecule has 0 amide bonds. The molecule has 178 valence electrons. The van der Waals surface area contributed by atoms with Gasteiger partial charge >= 0.3 is 7.60 Å². The average Bonchev–Trinajstić information content (AvgIpc) is 2.72. The maximum Gasteiger partial charge on any atom is 0.353 e. The summed E-state index contributed by atoms with van der Waals surface area (Å²) < 4.78 is 49.8. The molecule has 5 atom stereocenters. The molecule has 0 aromatic heterocycles. The molecule has 0 aromatic carbocycles. The van der Waals surface area contributed by atoms with Gasteiger partial charge in [-0.2, -0.15) is 5.26 Å². The molecule has 0 spiro atoms. The zero-order chi connectivity index (χ0) is 23.2. The van der Waals surface area contributed by atoms with Crippen LogP contribution in [-0.4, -0.2) is 68.1 Å². The van der Waals surface area contributed by atoms with Crippen molar-refractivity contribution in [2.24, 2.45) is 0 Å². The van der Waals surface area contributed by atoms with Gasteiger partial charge in [0, 0.05) is 38.5 Å². The molecule has 0 N–H and O–H groups in total. The van der Waals surface area contributed by atoms with E-state index >= 15 is 0 Å². The van der Waals surface area contributed by atoms with Crippen molar-refractivity contribution in [1.82, 2.24) is 4.67 Å². The van der Waals surface area contributed by atoms with E-state index in [0.29, 0.717) is 6.42 Å². The van der Waals surface area contributed by atoms with E-state index in [2.05, 4.69) is 38.4 Å². The summed E-state index contributed by atoms with van der Waals surface area (Å²) in [5.41, 5.74) is -0.945. The second-order valence-electron chi connectivity index (χ2n) is 8.22. The Morgan fingerprint density at radius 1 is 1.29 bits per heavy atom.